The number of sulfone groups is 1. The van der Waals surface area contributed by atoms with E-state index in [1.54, 1.807) is 31.4 Å². The van der Waals surface area contributed by atoms with Crippen molar-refractivity contribution < 1.29 is 27.8 Å². The largest absolute Gasteiger partial charge is 0.497 e. The Kier molecular flexibility index (Phi) is 6.33. The molecule has 0 aromatic heterocycles. The van der Waals surface area contributed by atoms with E-state index in [0.29, 0.717) is 13.0 Å². The van der Waals surface area contributed by atoms with Crippen molar-refractivity contribution in [1.82, 2.24) is 5.32 Å². The highest BCUT2D eigenvalue weighted by molar-refractivity contribution is 7.91. The average Bonchev–Trinajstić information content (AvgIpc) is 2.73. The van der Waals surface area contributed by atoms with E-state index in [2.05, 4.69) is 5.32 Å². The fraction of sp³-hybridized carbons (Fsp3) is 0.350. The first kappa shape index (κ1) is 20.3. The summed E-state index contributed by atoms with van der Waals surface area (Å²) in [6, 6.07) is 14.2. The summed E-state index contributed by atoms with van der Waals surface area (Å²) in [6.07, 6.45) is 0.108. The summed E-state index contributed by atoms with van der Waals surface area (Å²) in [6.45, 7) is 0.297. The van der Waals surface area contributed by atoms with Gasteiger partial charge in [0.05, 0.1) is 17.9 Å². The van der Waals surface area contributed by atoms with Gasteiger partial charge in [0, 0.05) is 13.0 Å². The summed E-state index contributed by atoms with van der Waals surface area (Å²) in [5.74, 6) is -0.958. The molecule has 0 aliphatic carbocycles. The summed E-state index contributed by atoms with van der Waals surface area (Å²) in [4.78, 5) is 11.3. The van der Waals surface area contributed by atoms with E-state index >= 15 is 0 Å². The Bertz CT molecular complexity index is 909. The number of methoxy groups -OCH3 is 1. The van der Waals surface area contributed by atoms with E-state index in [9.17, 15) is 13.2 Å². The minimum atomic E-state index is -3.57. The molecule has 1 saturated heterocycles. The van der Waals surface area contributed by atoms with Crippen molar-refractivity contribution in [2.45, 2.75) is 24.0 Å². The number of hydrogen-bond acceptors (Lipinski definition) is 6. The summed E-state index contributed by atoms with van der Waals surface area (Å²) in [5.41, 5.74) is 1.85. The van der Waals surface area contributed by atoms with Gasteiger partial charge in [-0.25, -0.2) is 8.42 Å². The third-order valence-electron chi connectivity index (χ3n) is 4.77. The van der Waals surface area contributed by atoms with E-state index in [0.717, 1.165) is 16.9 Å². The van der Waals surface area contributed by atoms with Crippen LogP contribution in [0.2, 0.25) is 0 Å². The average molecular weight is 405 g/mol. The molecule has 1 aliphatic rings. The van der Waals surface area contributed by atoms with E-state index in [-0.39, 0.29) is 17.2 Å². The zero-order chi connectivity index (χ0) is 20.1. The third kappa shape index (κ3) is 4.89. The van der Waals surface area contributed by atoms with Crippen molar-refractivity contribution in [1.29, 1.82) is 0 Å². The van der Waals surface area contributed by atoms with Crippen molar-refractivity contribution in [2.75, 3.05) is 19.6 Å². The second-order valence-corrected chi connectivity index (χ2v) is 8.62. The van der Waals surface area contributed by atoms with Crippen LogP contribution in [0.4, 0.5) is 0 Å². The minimum absolute atomic E-state index is 0.197. The lowest BCUT2D eigenvalue weighted by Gasteiger charge is -2.27. The molecular weight excluding hydrogens is 382 g/mol. The second kappa shape index (κ2) is 8.72. The Labute approximate surface area is 164 Å². The van der Waals surface area contributed by atoms with E-state index < -0.39 is 28.0 Å². The number of hydrogen-bond donors (Lipinski definition) is 2. The maximum Gasteiger partial charge on any atom is 0.306 e. The van der Waals surface area contributed by atoms with Gasteiger partial charge in [-0.05, 0) is 41.8 Å². The molecule has 2 aromatic carbocycles. The number of aliphatic carboxylic acids is 1. The Balaban J connectivity index is 1.64. The van der Waals surface area contributed by atoms with Crippen LogP contribution in [0.5, 0.6) is 5.75 Å². The quantitative estimate of drug-likeness (QED) is 0.730. The number of carboxylic acid groups (broad SMARTS) is 1. The molecule has 2 unspecified atom stereocenters. The predicted octanol–water partition coefficient (Wildman–Crippen LogP) is 2.52. The molecule has 0 saturated carbocycles. The van der Waals surface area contributed by atoms with Crippen LogP contribution in [-0.4, -0.2) is 45.3 Å². The fourth-order valence-electron chi connectivity index (χ4n) is 3.09. The fourth-order valence-corrected chi connectivity index (χ4v) is 4.21. The van der Waals surface area contributed by atoms with Crippen LogP contribution in [0.1, 0.15) is 12.8 Å². The number of carboxylic acids is 1. The zero-order valence-corrected chi connectivity index (χ0v) is 16.3. The van der Waals surface area contributed by atoms with Gasteiger partial charge in [-0.2, -0.15) is 0 Å². The highest BCUT2D eigenvalue weighted by Gasteiger charge is 2.28. The first-order valence-electron chi connectivity index (χ1n) is 8.94. The lowest BCUT2D eigenvalue weighted by Crippen LogP contribution is -2.42. The molecule has 3 rings (SSSR count). The Morgan fingerprint density at radius 3 is 2.32 bits per heavy atom. The van der Waals surface area contributed by atoms with Gasteiger partial charge >= 0.3 is 5.97 Å². The Hall–Kier alpha value is -2.42. The molecule has 2 atom stereocenters. The summed E-state index contributed by atoms with van der Waals surface area (Å²) in [7, 11) is -1.97. The highest BCUT2D eigenvalue weighted by atomic mass is 32.2. The van der Waals surface area contributed by atoms with Crippen LogP contribution in [-0.2, 0) is 19.4 Å². The first-order chi connectivity index (χ1) is 13.4. The predicted molar refractivity (Wildman–Crippen MR) is 104 cm³/mol. The van der Waals surface area contributed by atoms with Crippen molar-refractivity contribution in [2.24, 2.45) is 5.92 Å². The number of ether oxygens (including phenoxy) is 2. The van der Waals surface area contributed by atoms with E-state index in [4.69, 9.17) is 14.6 Å². The second-order valence-electron chi connectivity index (χ2n) is 6.64. The van der Waals surface area contributed by atoms with E-state index in [1.807, 2.05) is 24.3 Å². The molecule has 2 aromatic rings. The summed E-state index contributed by atoms with van der Waals surface area (Å²) in [5, 5.41) is 11.9. The SMILES string of the molecule is COc1ccc(-c2ccc(S(=O)(=O)CNC3CC(C(=O)O)CCO3)cc2)cc1. The molecule has 1 heterocycles. The molecule has 0 bridgehead atoms. The standard InChI is InChI=1S/C20H23NO6S/c1-26-17-6-2-14(3-7-17)15-4-8-18(9-5-15)28(24,25)13-21-19-12-16(20(22)23)10-11-27-19/h2-9,16,19,21H,10-13H2,1H3,(H,22,23). The zero-order valence-electron chi connectivity index (χ0n) is 15.5. The van der Waals surface area contributed by atoms with Gasteiger partial charge in [-0.15, -0.1) is 0 Å². The summed E-state index contributed by atoms with van der Waals surface area (Å²) >= 11 is 0. The van der Waals surface area contributed by atoms with Crippen LogP contribution in [0, 0.1) is 5.92 Å². The Morgan fingerprint density at radius 2 is 1.75 bits per heavy atom. The van der Waals surface area contributed by atoms with Crippen LogP contribution in [0.3, 0.4) is 0 Å². The molecular formula is C20H23NO6S. The van der Waals surface area contributed by atoms with Crippen LogP contribution >= 0.6 is 0 Å². The van der Waals surface area contributed by atoms with Crippen LogP contribution in [0.15, 0.2) is 53.4 Å². The molecule has 2 N–H and O–H groups in total. The maximum absolute atomic E-state index is 12.6. The molecule has 8 heteroatoms. The van der Waals surface area contributed by atoms with Gasteiger partial charge in [-0.1, -0.05) is 24.3 Å². The van der Waals surface area contributed by atoms with Crippen LogP contribution in [0.25, 0.3) is 11.1 Å². The molecule has 0 amide bonds. The van der Waals surface area contributed by atoms with Gasteiger partial charge in [0.1, 0.15) is 17.9 Å². The van der Waals surface area contributed by atoms with Crippen molar-refractivity contribution in [3.05, 3.63) is 48.5 Å². The van der Waals surface area contributed by atoms with Gasteiger partial charge in [0.2, 0.25) is 0 Å². The van der Waals surface area contributed by atoms with Gasteiger partial charge in [-0.3, -0.25) is 10.1 Å². The van der Waals surface area contributed by atoms with Gasteiger partial charge in [0.25, 0.3) is 0 Å². The molecule has 0 spiro atoms. The third-order valence-corrected chi connectivity index (χ3v) is 6.31. The number of benzene rings is 2. The van der Waals surface area contributed by atoms with Crippen LogP contribution < -0.4 is 10.1 Å². The molecule has 1 aliphatic heterocycles. The topological polar surface area (TPSA) is 102 Å². The van der Waals surface area contributed by atoms with Crippen molar-refractivity contribution in [3.8, 4) is 16.9 Å². The number of nitrogens with one attached hydrogen (secondary N) is 1. The van der Waals surface area contributed by atoms with E-state index in [1.165, 1.54) is 0 Å². The smallest absolute Gasteiger partial charge is 0.306 e. The molecule has 0 radical (unpaired) electrons. The lowest BCUT2D eigenvalue weighted by atomic mass is 9.99. The van der Waals surface area contributed by atoms with Gasteiger partial charge < -0.3 is 14.6 Å². The highest BCUT2D eigenvalue weighted by Crippen LogP contribution is 2.24. The molecule has 150 valence electrons. The van der Waals surface area contributed by atoms with Crippen molar-refractivity contribution >= 4 is 15.8 Å². The lowest BCUT2D eigenvalue weighted by molar-refractivity contribution is -0.147. The monoisotopic (exact) mass is 405 g/mol. The molecule has 1 fully saturated rings. The molecule has 28 heavy (non-hydrogen) atoms. The number of carbonyl (C=O) groups is 1. The Morgan fingerprint density at radius 1 is 1.14 bits per heavy atom. The first-order valence-corrected chi connectivity index (χ1v) is 10.6. The maximum atomic E-state index is 12.6. The van der Waals surface area contributed by atoms with Gasteiger partial charge in [0.15, 0.2) is 9.84 Å². The minimum Gasteiger partial charge on any atom is -0.497 e. The molecule has 7 nitrogen and oxygen atoms in total. The van der Waals surface area contributed by atoms with Crippen molar-refractivity contribution in [3.63, 3.8) is 0 Å². The normalized spacial score (nSPS) is 19.9. The number of rotatable bonds is 7. The summed E-state index contributed by atoms with van der Waals surface area (Å²) < 4.78 is 35.7.